The Bertz CT molecular complexity index is 1160. The number of hydrogen-bond donors (Lipinski definition) is 0. The summed E-state index contributed by atoms with van der Waals surface area (Å²) >= 11 is 0. The molecule has 2 unspecified atom stereocenters. The van der Waals surface area contributed by atoms with Gasteiger partial charge in [-0.2, -0.15) is 0 Å². The predicted octanol–water partition coefficient (Wildman–Crippen LogP) is 4.82. The zero-order chi connectivity index (χ0) is 22.0. The summed E-state index contributed by atoms with van der Waals surface area (Å²) in [5.74, 6) is 0.00248. The molecular weight excluding hydrogens is 396 g/mol. The van der Waals surface area contributed by atoms with Crippen LogP contribution in [-0.4, -0.2) is 19.1 Å². The normalized spacial score (nSPS) is 17.4. The van der Waals surface area contributed by atoms with Crippen molar-refractivity contribution in [2.24, 2.45) is 17.0 Å². The molecule has 3 aromatic rings. The Kier molecular flexibility index (Phi) is 5.84. The molecule has 0 N–H and O–H groups in total. The zero-order valence-electron chi connectivity index (χ0n) is 17.5. The van der Waals surface area contributed by atoms with Crippen LogP contribution >= 0.6 is 0 Å². The molecule has 2 aromatic carbocycles. The van der Waals surface area contributed by atoms with Crippen LogP contribution in [0.1, 0.15) is 25.8 Å². The molecule has 4 rings (SSSR count). The maximum Gasteiger partial charge on any atom is 0.336 e. The van der Waals surface area contributed by atoms with Crippen LogP contribution in [0.25, 0.3) is 11.0 Å². The fourth-order valence-corrected chi connectivity index (χ4v) is 3.98. The Hall–Kier alpha value is -3.48. The van der Waals surface area contributed by atoms with Gasteiger partial charge < -0.3 is 14.1 Å². The Morgan fingerprint density at radius 3 is 2.55 bits per heavy atom. The molecule has 0 radical (unpaired) electrons. The first kappa shape index (κ1) is 20.8. The molecule has 31 heavy (non-hydrogen) atoms. The molecule has 0 spiro atoms. The molecular formula is C24H24N2O5. The van der Waals surface area contributed by atoms with Crippen LogP contribution in [-0.2, 0) is 11.2 Å². The summed E-state index contributed by atoms with van der Waals surface area (Å²) in [6.07, 6.45) is 1.33. The molecule has 1 saturated carbocycles. The van der Waals surface area contributed by atoms with Crippen molar-refractivity contribution in [1.82, 2.24) is 0 Å². The lowest BCUT2D eigenvalue weighted by Gasteiger charge is -2.21. The fourth-order valence-electron chi connectivity index (χ4n) is 3.98. The first-order valence-electron chi connectivity index (χ1n) is 10.5. The number of fused-ring (bicyclic) bond motifs is 1. The van der Waals surface area contributed by atoms with Gasteiger partial charge in [-0.05, 0) is 79.7 Å². The Morgan fingerprint density at radius 2 is 1.87 bits per heavy atom. The molecule has 1 aliphatic carbocycles. The largest absolute Gasteiger partial charge is 0.426 e. The molecule has 160 valence electrons. The maximum atomic E-state index is 12.5. The van der Waals surface area contributed by atoms with E-state index in [-0.39, 0.29) is 29.1 Å². The van der Waals surface area contributed by atoms with E-state index in [1.54, 1.807) is 12.1 Å². The van der Waals surface area contributed by atoms with E-state index in [0.717, 1.165) is 29.7 Å². The van der Waals surface area contributed by atoms with Gasteiger partial charge in [0.25, 0.3) is 0 Å². The number of hydrogen-bond acceptors (Lipinski definition) is 7. The number of nitrogens with zero attached hydrogens (tertiary/aromatic N) is 2. The van der Waals surface area contributed by atoms with E-state index in [1.165, 1.54) is 18.2 Å². The predicted molar refractivity (Wildman–Crippen MR) is 119 cm³/mol. The number of nitroso groups, excluding NO2 is 1. The van der Waals surface area contributed by atoms with Crippen molar-refractivity contribution in [2.75, 3.05) is 18.0 Å². The van der Waals surface area contributed by atoms with E-state index < -0.39 is 0 Å². The highest BCUT2D eigenvalue weighted by atomic mass is 16.5. The summed E-state index contributed by atoms with van der Waals surface area (Å²) in [6.45, 7) is 5.90. The van der Waals surface area contributed by atoms with Gasteiger partial charge in [0.15, 0.2) is 0 Å². The fraction of sp³-hybridized carbons (Fsp3) is 0.333. The summed E-state index contributed by atoms with van der Waals surface area (Å²) in [4.78, 5) is 37.3. The van der Waals surface area contributed by atoms with Crippen LogP contribution < -0.4 is 15.3 Å². The molecule has 1 heterocycles. The standard InChI is InChI=1S/C24H24N2O5/c1-3-26(4-2)18-7-10-20-16(13-23(27)31-22(20)14-18)11-15-12-21(15)24(28)30-19-8-5-17(25-29)6-9-19/h5-10,13-15,21H,3-4,11-12H2,1-2H3. The van der Waals surface area contributed by atoms with Gasteiger partial charge in [-0.1, -0.05) is 0 Å². The highest BCUT2D eigenvalue weighted by Crippen LogP contribution is 2.43. The maximum absolute atomic E-state index is 12.5. The number of carbonyl (C=O) groups excluding carboxylic acids is 1. The van der Waals surface area contributed by atoms with Crippen LogP contribution in [0, 0.1) is 16.7 Å². The van der Waals surface area contributed by atoms with Crippen molar-refractivity contribution in [3.05, 3.63) is 69.4 Å². The lowest BCUT2D eigenvalue weighted by Crippen LogP contribution is -2.21. The van der Waals surface area contributed by atoms with Crippen LogP contribution in [0.5, 0.6) is 5.75 Å². The molecule has 0 amide bonds. The number of benzene rings is 2. The lowest BCUT2D eigenvalue weighted by atomic mass is 10.0. The second kappa shape index (κ2) is 8.71. The minimum atomic E-state index is -0.386. The molecule has 2 atom stereocenters. The van der Waals surface area contributed by atoms with E-state index in [1.807, 2.05) is 18.2 Å². The van der Waals surface area contributed by atoms with Gasteiger partial charge in [0.05, 0.1) is 5.92 Å². The highest BCUT2D eigenvalue weighted by molar-refractivity contribution is 5.84. The summed E-state index contributed by atoms with van der Waals surface area (Å²) in [5, 5.41) is 3.72. The number of esters is 1. The van der Waals surface area contributed by atoms with Gasteiger partial charge in [-0.15, -0.1) is 4.91 Å². The second-order valence-electron chi connectivity index (χ2n) is 7.76. The summed E-state index contributed by atoms with van der Waals surface area (Å²) in [6, 6.07) is 13.6. The van der Waals surface area contributed by atoms with Crippen LogP contribution in [0.15, 0.2) is 62.9 Å². The molecule has 1 aromatic heterocycles. The van der Waals surface area contributed by atoms with Crippen molar-refractivity contribution < 1.29 is 13.9 Å². The monoisotopic (exact) mass is 420 g/mol. The minimum absolute atomic E-state index is 0.121. The van der Waals surface area contributed by atoms with Gasteiger partial charge in [0.2, 0.25) is 0 Å². The summed E-state index contributed by atoms with van der Waals surface area (Å²) in [7, 11) is 0. The van der Waals surface area contributed by atoms with Gasteiger partial charge in [-0.25, -0.2) is 4.79 Å². The highest BCUT2D eigenvalue weighted by Gasteiger charge is 2.44. The van der Waals surface area contributed by atoms with Gasteiger partial charge in [0, 0.05) is 36.3 Å². The number of rotatable bonds is 8. The van der Waals surface area contributed by atoms with Gasteiger partial charge >= 0.3 is 11.6 Å². The van der Waals surface area contributed by atoms with E-state index >= 15 is 0 Å². The topological polar surface area (TPSA) is 89.2 Å². The lowest BCUT2D eigenvalue weighted by molar-refractivity contribution is -0.136. The average Bonchev–Trinajstić information content (AvgIpc) is 3.54. The number of anilines is 1. The van der Waals surface area contributed by atoms with Crippen molar-refractivity contribution in [1.29, 1.82) is 0 Å². The number of ether oxygens (including phenoxy) is 1. The average molecular weight is 420 g/mol. The summed E-state index contributed by atoms with van der Waals surface area (Å²) < 4.78 is 10.9. The van der Waals surface area contributed by atoms with Crippen LogP contribution in [0.4, 0.5) is 11.4 Å². The van der Waals surface area contributed by atoms with Crippen LogP contribution in [0.3, 0.4) is 0 Å². The Labute approximate surface area is 179 Å². The van der Waals surface area contributed by atoms with Crippen molar-refractivity contribution in [3.8, 4) is 5.75 Å². The number of carbonyl (C=O) groups is 1. The summed E-state index contributed by atoms with van der Waals surface area (Å²) in [5.41, 5.74) is 2.36. The Morgan fingerprint density at radius 1 is 1.13 bits per heavy atom. The van der Waals surface area contributed by atoms with E-state index in [2.05, 4.69) is 23.9 Å². The molecule has 7 nitrogen and oxygen atoms in total. The first-order valence-corrected chi connectivity index (χ1v) is 10.5. The van der Waals surface area contributed by atoms with Crippen molar-refractivity contribution in [3.63, 3.8) is 0 Å². The van der Waals surface area contributed by atoms with E-state index in [9.17, 15) is 14.5 Å². The SMILES string of the molecule is CCN(CC)c1ccc2c(CC3CC3C(=O)Oc3ccc(N=O)cc3)cc(=O)oc2c1. The minimum Gasteiger partial charge on any atom is -0.426 e. The molecule has 1 fully saturated rings. The third kappa shape index (κ3) is 4.50. The zero-order valence-corrected chi connectivity index (χ0v) is 17.5. The van der Waals surface area contributed by atoms with E-state index in [0.29, 0.717) is 24.2 Å². The smallest absolute Gasteiger partial charge is 0.336 e. The molecule has 1 aliphatic rings. The molecule has 0 saturated heterocycles. The first-order chi connectivity index (χ1) is 15.0. The van der Waals surface area contributed by atoms with Gasteiger partial charge in [0.1, 0.15) is 17.0 Å². The van der Waals surface area contributed by atoms with Crippen LogP contribution in [0.2, 0.25) is 0 Å². The molecule has 0 aliphatic heterocycles. The van der Waals surface area contributed by atoms with Crippen molar-refractivity contribution >= 4 is 28.3 Å². The Balaban J connectivity index is 1.48. The van der Waals surface area contributed by atoms with E-state index in [4.69, 9.17) is 9.15 Å². The van der Waals surface area contributed by atoms with Crippen molar-refractivity contribution in [2.45, 2.75) is 26.7 Å². The van der Waals surface area contributed by atoms with Gasteiger partial charge in [-0.3, -0.25) is 4.79 Å². The second-order valence-corrected chi connectivity index (χ2v) is 7.76. The third-order valence-corrected chi connectivity index (χ3v) is 5.81. The third-order valence-electron chi connectivity index (χ3n) is 5.81. The quantitative estimate of drug-likeness (QED) is 0.225. The molecule has 0 bridgehead atoms. The molecule has 7 heteroatoms.